The Bertz CT molecular complexity index is 1200. The third-order valence-electron chi connectivity index (χ3n) is 5.23. The monoisotopic (exact) mass is 486 g/mol. The molecule has 0 unspecified atom stereocenters. The van der Waals surface area contributed by atoms with Crippen molar-refractivity contribution >= 4 is 29.3 Å². The summed E-state index contributed by atoms with van der Waals surface area (Å²) in [4.78, 5) is 26.4. The molecule has 9 heteroatoms. The predicted octanol–water partition coefficient (Wildman–Crippen LogP) is 5.69. The fourth-order valence-electron chi connectivity index (χ4n) is 3.62. The zero-order chi connectivity index (χ0) is 24.1. The van der Waals surface area contributed by atoms with Gasteiger partial charge in [0.1, 0.15) is 5.75 Å². The Kier molecular flexibility index (Phi) is 7.12. The van der Waals surface area contributed by atoms with E-state index in [4.69, 9.17) is 4.74 Å². The Morgan fingerprint density at radius 3 is 2.59 bits per heavy atom. The van der Waals surface area contributed by atoms with Gasteiger partial charge in [0, 0.05) is 16.3 Å². The summed E-state index contributed by atoms with van der Waals surface area (Å²) in [6, 6.07) is 18.6. The molecule has 3 aromatic carbocycles. The van der Waals surface area contributed by atoms with Gasteiger partial charge in [0.15, 0.2) is 6.61 Å². The minimum absolute atomic E-state index is 0.00304. The van der Waals surface area contributed by atoms with E-state index in [1.165, 1.54) is 12.1 Å². The second kappa shape index (κ2) is 10.2. The lowest BCUT2D eigenvalue weighted by atomic mass is 10.0. The van der Waals surface area contributed by atoms with E-state index in [1.807, 2.05) is 24.3 Å². The van der Waals surface area contributed by atoms with Crippen LogP contribution in [0.15, 0.2) is 77.7 Å². The zero-order valence-corrected chi connectivity index (χ0v) is 18.7. The smallest absolute Gasteiger partial charge is 0.416 e. The standard InChI is InChI=1S/C25H21F3N2O3S/c26-25(27,28)16-6-5-7-17(14-16)29-23(31)15-33-21-10-3-1-9-19(21)24(32)30-20-12-13-34-22-11-4-2-8-18(20)22/h1-11,14,20H,12-13,15H2,(H,29,31)(H,30,32)/t20-/m0/s1. The molecule has 0 radical (unpaired) electrons. The molecule has 0 saturated heterocycles. The first-order valence-corrected chi connectivity index (χ1v) is 11.5. The van der Waals surface area contributed by atoms with Gasteiger partial charge in [-0.2, -0.15) is 13.2 Å². The molecule has 34 heavy (non-hydrogen) atoms. The summed E-state index contributed by atoms with van der Waals surface area (Å²) in [5.74, 6) is 0.113. The quantitative estimate of drug-likeness (QED) is 0.470. The molecule has 0 fully saturated rings. The Morgan fingerprint density at radius 2 is 1.76 bits per heavy atom. The second-order valence-electron chi connectivity index (χ2n) is 7.61. The van der Waals surface area contributed by atoms with Crippen LogP contribution in [0.25, 0.3) is 0 Å². The van der Waals surface area contributed by atoms with Gasteiger partial charge in [0.2, 0.25) is 0 Å². The van der Waals surface area contributed by atoms with Gasteiger partial charge >= 0.3 is 6.18 Å². The lowest BCUT2D eigenvalue weighted by molar-refractivity contribution is -0.137. The minimum atomic E-state index is -4.51. The molecular weight excluding hydrogens is 465 g/mol. The number of carbonyl (C=O) groups excluding carboxylic acids is 2. The van der Waals surface area contributed by atoms with Gasteiger partial charge in [-0.3, -0.25) is 9.59 Å². The number of alkyl halides is 3. The van der Waals surface area contributed by atoms with Crippen molar-refractivity contribution in [1.82, 2.24) is 5.32 Å². The highest BCUT2D eigenvalue weighted by atomic mass is 32.2. The van der Waals surface area contributed by atoms with Crippen molar-refractivity contribution < 1.29 is 27.5 Å². The molecular formula is C25H21F3N2O3S. The van der Waals surface area contributed by atoms with Crippen LogP contribution in [0.3, 0.4) is 0 Å². The minimum Gasteiger partial charge on any atom is -0.483 e. The van der Waals surface area contributed by atoms with E-state index in [9.17, 15) is 22.8 Å². The van der Waals surface area contributed by atoms with E-state index in [0.717, 1.165) is 34.8 Å². The van der Waals surface area contributed by atoms with Crippen LogP contribution in [-0.2, 0) is 11.0 Å². The number of anilines is 1. The van der Waals surface area contributed by atoms with Gasteiger partial charge in [-0.15, -0.1) is 11.8 Å². The molecule has 176 valence electrons. The SMILES string of the molecule is O=C(COc1ccccc1C(=O)N[C@H]1CCSc2ccccc21)Nc1cccc(C(F)(F)F)c1. The van der Waals surface area contributed by atoms with Crippen molar-refractivity contribution in [2.75, 3.05) is 17.7 Å². The number of rotatable bonds is 6. The molecule has 2 N–H and O–H groups in total. The van der Waals surface area contributed by atoms with Gasteiger partial charge in [0.05, 0.1) is 17.2 Å². The van der Waals surface area contributed by atoms with E-state index in [-0.39, 0.29) is 28.9 Å². The van der Waals surface area contributed by atoms with E-state index >= 15 is 0 Å². The van der Waals surface area contributed by atoms with Gasteiger partial charge in [-0.25, -0.2) is 0 Å². The highest BCUT2D eigenvalue weighted by Gasteiger charge is 2.30. The van der Waals surface area contributed by atoms with E-state index in [0.29, 0.717) is 0 Å². The zero-order valence-electron chi connectivity index (χ0n) is 17.9. The summed E-state index contributed by atoms with van der Waals surface area (Å²) in [5.41, 5.74) is 0.468. The molecule has 5 nitrogen and oxygen atoms in total. The first-order valence-electron chi connectivity index (χ1n) is 10.5. The number of para-hydroxylation sites is 1. The molecule has 0 spiro atoms. The van der Waals surface area contributed by atoms with Crippen LogP contribution in [-0.4, -0.2) is 24.2 Å². The molecule has 1 aliphatic heterocycles. The lowest BCUT2D eigenvalue weighted by Crippen LogP contribution is -2.31. The molecule has 0 saturated carbocycles. The van der Waals surface area contributed by atoms with Gasteiger partial charge in [-0.05, 0) is 48.4 Å². The number of halogens is 3. The fraction of sp³-hybridized carbons (Fsp3) is 0.200. The molecule has 3 aromatic rings. The highest BCUT2D eigenvalue weighted by molar-refractivity contribution is 7.99. The Labute approximate surface area is 198 Å². The Balaban J connectivity index is 1.40. The molecule has 0 aromatic heterocycles. The summed E-state index contributed by atoms with van der Waals surface area (Å²) < 4.78 is 44.2. The van der Waals surface area contributed by atoms with Crippen molar-refractivity contribution in [3.63, 3.8) is 0 Å². The summed E-state index contributed by atoms with van der Waals surface area (Å²) >= 11 is 1.75. The molecule has 1 heterocycles. The number of carbonyl (C=O) groups is 2. The van der Waals surface area contributed by atoms with Crippen molar-refractivity contribution in [3.8, 4) is 5.75 Å². The third kappa shape index (κ3) is 5.72. The Morgan fingerprint density at radius 1 is 1.00 bits per heavy atom. The normalized spacial score (nSPS) is 15.2. The first-order chi connectivity index (χ1) is 16.3. The molecule has 0 bridgehead atoms. The average Bonchev–Trinajstić information content (AvgIpc) is 2.83. The maximum absolute atomic E-state index is 13.0. The van der Waals surface area contributed by atoms with Crippen molar-refractivity contribution in [1.29, 1.82) is 0 Å². The fourth-order valence-corrected chi connectivity index (χ4v) is 4.75. The summed E-state index contributed by atoms with van der Waals surface area (Å²) in [7, 11) is 0. The number of fused-ring (bicyclic) bond motifs is 1. The number of hydrogen-bond acceptors (Lipinski definition) is 4. The van der Waals surface area contributed by atoms with Gasteiger partial charge < -0.3 is 15.4 Å². The number of ether oxygens (including phenoxy) is 1. The van der Waals surface area contributed by atoms with Gasteiger partial charge in [-0.1, -0.05) is 36.4 Å². The lowest BCUT2D eigenvalue weighted by Gasteiger charge is -2.26. The first kappa shape index (κ1) is 23.7. The maximum atomic E-state index is 13.0. The molecule has 2 amide bonds. The van der Waals surface area contributed by atoms with Crippen molar-refractivity contribution in [3.05, 3.63) is 89.5 Å². The average molecular weight is 487 g/mol. The van der Waals surface area contributed by atoms with Crippen LogP contribution in [0.4, 0.5) is 18.9 Å². The second-order valence-corrected chi connectivity index (χ2v) is 8.75. The van der Waals surface area contributed by atoms with Crippen LogP contribution in [0, 0.1) is 0 Å². The largest absolute Gasteiger partial charge is 0.483 e. The summed E-state index contributed by atoms with van der Waals surface area (Å²) in [5, 5.41) is 5.42. The topological polar surface area (TPSA) is 67.4 Å². The van der Waals surface area contributed by atoms with Crippen LogP contribution < -0.4 is 15.4 Å². The Hall–Kier alpha value is -3.46. The molecule has 0 aliphatic carbocycles. The summed E-state index contributed by atoms with van der Waals surface area (Å²) in [6.07, 6.45) is -3.73. The number of amides is 2. The van der Waals surface area contributed by atoms with Gasteiger partial charge in [0.25, 0.3) is 11.8 Å². The third-order valence-corrected chi connectivity index (χ3v) is 6.35. The van der Waals surface area contributed by atoms with Crippen molar-refractivity contribution in [2.45, 2.75) is 23.5 Å². The van der Waals surface area contributed by atoms with Crippen LogP contribution >= 0.6 is 11.8 Å². The van der Waals surface area contributed by atoms with Crippen LogP contribution in [0.5, 0.6) is 5.75 Å². The number of thioether (sulfide) groups is 1. The number of hydrogen-bond donors (Lipinski definition) is 2. The van der Waals surface area contributed by atoms with Crippen molar-refractivity contribution in [2.24, 2.45) is 0 Å². The maximum Gasteiger partial charge on any atom is 0.416 e. The number of benzene rings is 3. The summed E-state index contributed by atoms with van der Waals surface area (Å²) in [6.45, 7) is -0.469. The number of nitrogens with one attached hydrogen (secondary N) is 2. The van der Waals surface area contributed by atoms with E-state index in [1.54, 1.807) is 36.0 Å². The van der Waals surface area contributed by atoms with E-state index < -0.39 is 24.3 Å². The van der Waals surface area contributed by atoms with E-state index in [2.05, 4.69) is 10.6 Å². The van der Waals surface area contributed by atoms with Crippen LogP contribution in [0.2, 0.25) is 0 Å². The predicted molar refractivity (Wildman–Crippen MR) is 124 cm³/mol. The molecule has 1 atom stereocenters. The molecule has 1 aliphatic rings. The van der Waals surface area contributed by atoms with Crippen LogP contribution in [0.1, 0.15) is 33.9 Å². The molecule has 4 rings (SSSR count). The highest BCUT2D eigenvalue weighted by Crippen LogP contribution is 2.36.